The van der Waals surface area contributed by atoms with Crippen LogP contribution in [0.25, 0.3) is 0 Å². The second-order valence-corrected chi connectivity index (χ2v) is 3.66. The number of rotatable bonds is 3. The average molecular weight is 240 g/mol. The second-order valence-electron chi connectivity index (χ2n) is 3.66. The van der Waals surface area contributed by atoms with Crippen molar-refractivity contribution in [3.8, 4) is 0 Å². The predicted octanol–water partition coefficient (Wildman–Crippen LogP) is 0.855. The number of amides is 2. The molecule has 0 bridgehead atoms. The lowest BCUT2D eigenvalue weighted by Gasteiger charge is -2.38. The number of halogens is 3. The van der Waals surface area contributed by atoms with E-state index in [4.69, 9.17) is 5.11 Å². The topological polar surface area (TPSA) is 78.4 Å². The van der Waals surface area contributed by atoms with Gasteiger partial charge in [-0.15, -0.1) is 0 Å². The van der Waals surface area contributed by atoms with E-state index in [-0.39, 0.29) is 12.8 Å². The van der Waals surface area contributed by atoms with Crippen LogP contribution in [0.3, 0.4) is 0 Å². The summed E-state index contributed by atoms with van der Waals surface area (Å²) in [6.07, 6.45) is -3.40. The molecule has 1 rings (SSSR count). The molecule has 0 atom stereocenters. The first-order chi connectivity index (χ1) is 7.25. The molecule has 0 spiro atoms. The van der Waals surface area contributed by atoms with Gasteiger partial charge in [0.15, 0.2) is 0 Å². The van der Waals surface area contributed by atoms with Crippen molar-refractivity contribution >= 4 is 12.0 Å². The third-order valence-corrected chi connectivity index (χ3v) is 2.42. The standard InChI is InChI=1S/C8H11F3N2O3/c9-8(10,11)4-12-6(16)13-7(5(14)15)2-1-3-7/h1-4H2,(H,14,15)(H2,12,13,16). The molecule has 2 amide bonds. The Morgan fingerprint density at radius 2 is 1.88 bits per heavy atom. The van der Waals surface area contributed by atoms with Crippen LogP contribution in [0.15, 0.2) is 0 Å². The maximum Gasteiger partial charge on any atom is 0.405 e. The predicted molar refractivity (Wildman–Crippen MR) is 46.8 cm³/mol. The van der Waals surface area contributed by atoms with Gasteiger partial charge in [-0.25, -0.2) is 9.59 Å². The smallest absolute Gasteiger partial charge is 0.405 e. The summed E-state index contributed by atoms with van der Waals surface area (Å²) in [6.45, 7) is -1.48. The number of aliphatic carboxylic acids is 1. The summed E-state index contributed by atoms with van der Waals surface area (Å²) < 4.78 is 35.2. The molecule has 16 heavy (non-hydrogen) atoms. The van der Waals surface area contributed by atoms with Crippen molar-refractivity contribution in [3.05, 3.63) is 0 Å². The zero-order valence-corrected chi connectivity index (χ0v) is 8.23. The molecule has 0 heterocycles. The quantitative estimate of drug-likeness (QED) is 0.684. The van der Waals surface area contributed by atoms with Crippen molar-refractivity contribution < 1.29 is 27.9 Å². The van der Waals surface area contributed by atoms with Crippen LogP contribution in [-0.4, -0.2) is 35.4 Å². The summed E-state index contributed by atoms with van der Waals surface area (Å²) in [6, 6.07) is -1.11. The molecule has 1 aliphatic rings. The third-order valence-electron chi connectivity index (χ3n) is 2.42. The van der Waals surface area contributed by atoms with E-state index in [1.54, 1.807) is 5.32 Å². The molecule has 0 aromatic rings. The lowest BCUT2D eigenvalue weighted by molar-refractivity contribution is -0.148. The van der Waals surface area contributed by atoms with Gasteiger partial charge in [0.2, 0.25) is 0 Å². The zero-order chi connectivity index (χ0) is 12.4. The molecular weight excluding hydrogens is 229 g/mol. The first kappa shape index (κ1) is 12.6. The van der Waals surface area contributed by atoms with Crippen molar-refractivity contribution in [3.63, 3.8) is 0 Å². The molecule has 0 saturated heterocycles. The summed E-state index contributed by atoms with van der Waals surface area (Å²) in [5.41, 5.74) is -1.39. The number of urea groups is 1. The lowest BCUT2D eigenvalue weighted by Crippen LogP contribution is -2.61. The van der Waals surface area contributed by atoms with Gasteiger partial charge < -0.3 is 15.7 Å². The minimum atomic E-state index is -4.51. The molecule has 0 aromatic carbocycles. The Hall–Kier alpha value is -1.47. The van der Waals surface area contributed by atoms with Crippen LogP contribution in [0.1, 0.15) is 19.3 Å². The number of nitrogens with one attached hydrogen (secondary N) is 2. The zero-order valence-electron chi connectivity index (χ0n) is 8.23. The third kappa shape index (κ3) is 3.01. The van der Waals surface area contributed by atoms with Gasteiger partial charge in [0.05, 0.1) is 0 Å². The van der Waals surface area contributed by atoms with E-state index in [0.29, 0.717) is 6.42 Å². The molecule has 92 valence electrons. The van der Waals surface area contributed by atoms with Crippen molar-refractivity contribution in [1.29, 1.82) is 0 Å². The van der Waals surface area contributed by atoms with Crippen LogP contribution in [-0.2, 0) is 4.79 Å². The fourth-order valence-electron chi connectivity index (χ4n) is 1.36. The van der Waals surface area contributed by atoms with E-state index >= 15 is 0 Å². The van der Waals surface area contributed by atoms with Gasteiger partial charge in [0, 0.05) is 0 Å². The van der Waals surface area contributed by atoms with Crippen LogP contribution >= 0.6 is 0 Å². The molecule has 0 aliphatic heterocycles. The van der Waals surface area contributed by atoms with Gasteiger partial charge in [0.1, 0.15) is 12.1 Å². The molecule has 1 aliphatic carbocycles. The highest BCUT2D eigenvalue weighted by Crippen LogP contribution is 2.31. The monoisotopic (exact) mass is 240 g/mol. The number of alkyl halides is 3. The van der Waals surface area contributed by atoms with E-state index in [1.165, 1.54) is 0 Å². The Balaban J connectivity index is 2.42. The fraction of sp³-hybridized carbons (Fsp3) is 0.750. The van der Waals surface area contributed by atoms with Gasteiger partial charge in [-0.3, -0.25) is 0 Å². The Morgan fingerprint density at radius 1 is 1.31 bits per heavy atom. The highest BCUT2D eigenvalue weighted by Gasteiger charge is 2.46. The van der Waals surface area contributed by atoms with Gasteiger partial charge in [-0.2, -0.15) is 13.2 Å². The van der Waals surface area contributed by atoms with Gasteiger partial charge >= 0.3 is 18.2 Å². The van der Waals surface area contributed by atoms with Crippen molar-refractivity contribution in [1.82, 2.24) is 10.6 Å². The molecule has 8 heteroatoms. The molecule has 0 aromatic heterocycles. The van der Waals surface area contributed by atoms with Crippen LogP contribution in [0, 0.1) is 0 Å². The minimum absolute atomic E-state index is 0.238. The largest absolute Gasteiger partial charge is 0.480 e. The van der Waals surface area contributed by atoms with Gasteiger partial charge in [0.25, 0.3) is 0 Å². The SMILES string of the molecule is O=C(NCC(F)(F)F)NC1(C(=O)O)CCC1. The second kappa shape index (κ2) is 4.18. The summed E-state index contributed by atoms with van der Waals surface area (Å²) in [5, 5.41) is 12.4. The van der Waals surface area contributed by atoms with E-state index in [0.717, 1.165) is 0 Å². The van der Waals surface area contributed by atoms with Crippen LogP contribution in [0.5, 0.6) is 0 Å². The first-order valence-corrected chi connectivity index (χ1v) is 4.61. The fourth-order valence-corrected chi connectivity index (χ4v) is 1.36. The molecule has 0 radical (unpaired) electrons. The minimum Gasteiger partial charge on any atom is -0.480 e. The maximum absolute atomic E-state index is 11.7. The number of carboxylic acids is 1. The van der Waals surface area contributed by atoms with E-state index in [9.17, 15) is 22.8 Å². The number of carbonyl (C=O) groups excluding carboxylic acids is 1. The molecule has 5 nitrogen and oxygen atoms in total. The number of carboxylic acid groups (broad SMARTS) is 1. The van der Waals surface area contributed by atoms with E-state index < -0.39 is 30.3 Å². The van der Waals surface area contributed by atoms with Crippen molar-refractivity contribution in [2.45, 2.75) is 31.0 Å². The summed E-state index contributed by atoms with van der Waals surface area (Å²) in [5.74, 6) is -1.22. The van der Waals surface area contributed by atoms with Gasteiger partial charge in [-0.1, -0.05) is 0 Å². The maximum atomic E-state index is 11.7. The molecule has 0 unspecified atom stereocenters. The summed E-state index contributed by atoms with van der Waals surface area (Å²) >= 11 is 0. The summed E-state index contributed by atoms with van der Waals surface area (Å²) in [7, 11) is 0. The molecular formula is C8H11F3N2O3. The first-order valence-electron chi connectivity index (χ1n) is 4.61. The number of hydrogen-bond donors (Lipinski definition) is 3. The highest BCUT2D eigenvalue weighted by molar-refractivity contribution is 5.87. The molecule has 1 fully saturated rings. The molecule has 1 saturated carbocycles. The lowest BCUT2D eigenvalue weighted by atomic mass is 9.77. The molecule has 3 N–H and O–H groups in total. The van der Waals surface area contributed by atoms with Crippen molar-refractivity contribution in [2.24, 2.45) is 0 Å². The Morgan fingerprint density at radius 3 is 2.19 bits per heavy atom. The van der Waals surface area contributed by atoms with Crippen molar-refractivity contribution in [2.75, 3.05) is 6.54 Å². The van der Waals surface area contributed by atoms with Crippen LogP contribution < -0.4 is 10.6 Å². The van der Waals surface area contributed by atoms with Crippen LogP contribution in [0.4, 0.5) is 18.0 Å². The summed E-state index contributed by atoms with van der Waals surface area (Å²) in [4.78, 5) is 21.8. The average Bonchev–Trinajstić information content (AvgIpc) is 2.06. The Labute approximate surface area is 89.0 Å². The normalized spacial score (nSPS) is 18.4. The Bertz CT molecular complexity index is 299. The highest BCUT2D eigenvalue weighted by atomic mass is 19.4. The van der Waals surface area contributed by atoms with E-state index in [2.05, 4.69) is 5.32 Å². The number of carbonyl (C=O) groups is 2. The number of hydrogen-bond acceptors (Lipinski definition) is 2. The van der Waals surface area contributed by atoms with E-state index in [1.807, 2.05) is 0 Å². The Kier molecular flexibility index (Phi) is 3.30. The van der Waals surface area contributed by atoms with Gasteiger partial charge in [-0.05, 0) is 19.3 Å². The van der Waals surface area contributed by atoms with Crippen LogP contribution in [0.2, 0.25) is 0 Å².